The molecule has 6 heteroatoms. The first kappa shape index (κ1) is 11.8. The molecule has 0 aliphatic heterocycles. The first-order valence-electron chi connectivity index (χ1n) is 5.03. The molecule has 0 saturated heterocycles. The quantitative estimate of drug-likeness (QED) is 0.907. The summed E-state index contributed by atoms with van der Waals surface area (Å²) >= 11 is 3.37. The molecule has 0 bridgehead atoms. The molecule has 0 aliphatic rings. The van der Waals surface area contributed by atoms with Crippen LogP contribution in [0.4, 0.5) is 0 Å². The normalized spacial score (nSPS) is 10.4. The van der Waals surface area contributed by atoms with Gasteiger partial charge in [-0.1, -0.05) is 0 Å². The summed E-state index contributed by atoms with van der Waals surface area (Å²) in [6.45, 7) is 0. The minimum Gasteiger partial charge on any atom is -0.481 e. The summed E-state index contributed by atoms with van der Waals surface area (Å²) in [4.78, 5) is 21.8. The van der Waals surface area contributed by atoms with Crippen molar-refractivity contribution in [1.82, 2.24) is 15.0 Å². The number of carboxylic acids is 1. The molecule has 0 spiro atoms. The first-order chi connectivity index (χ1) is 8.16. The van der Waals surface area contributed by atoms with Gasteiger partial charge in [-0.15, -0.1) is 0 Å². The van der Waals surface area contributed by atoms with E-state index in [1.807, 2.05) is 12.1 Å². The number of rotatable bonds is 4. The minimum absolute atomic E-state index is 0.0619. The zero-order chi connectivity index (χ0) is 12.3. The number of aliphatic carboxylic acids is 1. The zero-order valence-electron chi connectivity index (χ0n) is 8.85. The van der Waals surface area contributed by atoms with Crippen LogP contribution in [0.25, 0.3) is 11.3 Å². The molecule has 2 aromatic rings. The number of H-pyrrole nitrogens is 1. The molecular formula is C11H10BrN3O2. The number of carboxylic acid groups (broad SMARTS) is 1. The van der Waals surface area contributed by atoms with Crippen molar-refractivity contribution in [3.05, 3.63) is 35.0 Å². The average molecular weight is 296 g/mol. The van der Waals surface area contributed by atoms with Crippen molar-refractivity contribution < 1.29 is 9.90 Å². The molecular weight excluding hydrogens is 286 g/mol. The number of nitrogens with one attached hydrogen (secondary N) is 1. The van der Waals surface area contributed by atoms with Gasteiger partial charge in [0.15, 0.2) is 0 Å². The molecule has 2 N–H and O–H groups in total. The van der Waals surface area contributed by atoms with Crippen molar-refractivity contribution in [1.29, 1.82) is 0 Å². The number of pyridine rings is 1. The smallest absolute Gasteiger partial charge is 0.303 e. The van der Waals surface area contributed by atoms with Gasteiger partial charge in [-0.25, -0.2) is 4.98 Å². The van der Waals surface area contributed by atoms with E-state index >= 15 is 0 Å². The number of hydrogen-bond acceptors (Lipinski definition) is 3. The van der Waals surface area contributed by atoms with Gasteiger partial charge < -0.3 is 10.1 Å². The van der Waals surface area contributed by atoms with Crippen LogP contribution in [0.3, 0.4) is 0 Å². The number of nitrogens with zero attached hydrogens (tertiary/aromatic N) is 2. The van der Waals surface area contributed by atoms with E-state index in [-0.39, 0.29) is 6.42 Å². The van der Waals surface area contributed by atoms with Gasteiger partial charge in [0.2, 0.25) is 0 Å². The molecule has 2 aromatic heterocycles. The maximum Gasteiger partial charge on any atom is 0.303 e. The largest absolute Gasteiger partial charge is 0.481 e. The van der Waals surface area contributed by atoms with E-state index in [1.54, 1.807) is 12.4 Å². The molecule has 0 aliphatic carbocycles. The summed E-state index contributed by atoms with van der Waals surface area (Å²) in [6, 6.07) is 3.72. The number of aromatic amines is 1. The summed E-state index contributed by atoms with van der Waals surface area (Å²) in [5, 5.41) is 8.60. The van der Waals surface area contributed by atoms with Crippen molar-refractivity contribution in [2.75, 3.05) is 0 Å². The Morgan fingerprint density at radius 1 is 1.53 bits per heavy atom. The molecule has 0 unspecified atom stereocenters. The molecule has 0 amide bonds. The fraction of sp³-hybridized carbons (Fsp3) is 0.182. The third kappa shape index (κ3) is 2.91. The van der Waals surface area contributed by atoms with Gasteiger partial charge in [0.05, 0.1) is 6.42 Å². The van der Waals surface area contributed by atoms with Gasteiger partial charge >= 0.3 is 5.97 Å². The van der Waals surface area contributed by atoms with Crippen molar-refractivity contribution >= 4 is 21.9 Å². The van der Waals surface area contributed by atoms with Crippen molar-refractivity contribution in [3.63, 3.8) is 0 Å². The second-order valence-corrected chi connectivity index (χ2v) is 4.27. The lowest BCUT2D eigenvalue weighted by atomic mass is 10.2. The maximum absolute atomic E-state index is 10.5. The summed E-state index contributed by atoms with van der Waals surface area (Å²) in [7, 11) is 0. The van der Waals surface area contributed by atoms with Crippen molar-refractivity contribution in [2.45, 2.75) is 12.8 Å². The monoisotopic (exact) mass is 295 g/mol. The van der Waals surface area contributed by atoms with Gasteiger partial charge in [-0.2, -0.15) is 0 Å². The Bertz CT molecular complexity index is 525. The van der Waals surface area contributed by atoms with Crippen molar-refractivity contribution in [3.8, 4) is 11.3 Å². The van der Waals surface area contributed by atoms with Crippen LogP contribution >= 0.6 is 15.9 Å². The average Bonchev–Trinajstić information content (AvgIpc) is 2.69. The van der Waals surface area contributed by atoms with E-state index in [9.17, 15) is 4.79 Å². The molecule has 88 valence electrons. The van der Waals surface area contributed by atoms with Gasteiger partial charge in [-0.05, 0) is 28.1 Å². The predicted molar refractivity (Wildman–Crippen MR) is 65.5 cm³/mol. The standard InChI is InChI=1S/C11H10BrN3O2/c12-11-10(7-2-1-5-13-6-7)14-8(15-11)3-4-9(16)17/h1-2,5-6H,3-4H2,(H,14,15)(H,16,17). The predicted octanol–water partition coefficient (Wildman–Crippen LogP) is 2.25. The van der Waals surface area contributed by atoms with Crippen molar-refractivity contribution in [2.24, 2.45) is 0 Å². The van der Waals surface area contributed by atoms with Crippen LogP contribution in [0.15, 0.2) is 29.1 Å². The summed E-state index contributed by atoms with van der Waals surface area (Å²) in [5.41, 5.74) is 1.63. The molecule has 0 saturated carbocycles. The number of hydrogen-bond donors (Lipinski definition) is 2. The third-order valence-corrected chi connectivity index (χ3v) is 2.79. The van der Waals surface area contributed by atoms with Crippen LogP contribution < -0.4 is 0 Å². The molecule has 0 atom stereocenters. The second-order valence-electron chi connectivity index (χ2n) is 3.48. The lowest BCUT2D eigenvalue weighted by Gasteiger charge is -1.94. The lowest BCUT2D eigenvalue weighted by Crippen LogP contribution is -1.98. The van der Waals surface area contributed by atoms with E-state index in [0.29, 0.717) is 12.2 Å². The topological polar surface area (TPSA) is 78.9 Å². The van der Waals surface area contributed by atoms with Crippen LogP contribution in [-0.4, -0.2) is 26.0 Å². The highest BCUT2D eigenvalue weighted by molar-refractivity contribution is 9.10. The van der Waals surface area contributed by atoms with Crippen LogP contribution in [0, 0.1) is 0 Å². The third-order valence-electron chi connectivity index (χ3n) is 2.22. The van der Waals surface area contributed by atoms with E-state index < -0.39 is 5.97 Å². The van der Waals surface area contributed by atoms with Gasteiger partial charge in [0.25, 0.3) is 0 Å². The minimum atomic E-state index is -0.833. The molecule has 0 fully saturated rings. The van der Waals surface area contributed by atoms with Crippen LogP contribution in [0.5, 0.6) is 0 Å². The fourth-order valence-corrected chi connectivity index (χ4v) is 1.98. The van der Waals surface area contributed by atoms with E-state index in [1.165, 1.54) is 0 Å². The van der Waals surface area contributed by atoms with Crippen LogP contribution in [0.1, 0.15) is 12.2 Å². The number of halogens is 1. The van der Waals surface area contributed by atoms with E-state index in [0.717, 1.165) is 15.9 Å². The molecule has 17 heavy (non-hydrogen) atoms. The number of aromatic nitrogens is 3. The highest BCUT2D eigenvalue weighted by Gasteiger charge is 2.10. The molecule has 5 nitrogen and oxygen atoms in total. The van der Waals surface area contributed by atoms with Gasteiger partial charge in [0, 0.05) is 24.4 Å². The summed E-state index contributed by atoms with van der Waals surface area (Å²) < 4.78 is 0.742. The highest BCUT2D eigenvalue weighted by Crippen LogP contribution is 2.25. The van der Waals surface area contributed by atoms with E-state index in [4.69, 9.17) is 5.11 Å². The van der Waals surface area contributed by atoms with Crippen LogP contribution in [-0.2, 0) is 11.2 Å². The Morgan fingerprint density at radius 2 is 2.35 bits per heavy atom. The Balaban J connectivity index is 2.22. The zero-order valence-corrected chi connectivity index (χ0v) is 10.4. The molecule has 0 radical (unpaired) electrons. The number of imidazole rings is 1. The molecule has 2 heterocycles. The first-order valence-corrected chi connectivity index (χ1v) is 5.82. The highest BCUT2D eigenvalue weighted by atomic mass is 79.9. The van der Waals surface area contributed by atoms with Gasteiger partial charge in [-0.3, -0.25) is 9.78 Å². The number of carbonyl (C=O) groups is 1. The lowest BCUT2D eigenvalue weighted by molar-refractivity contribution is -0.137. The van der Waals surface area contributed by atoms with E-state index in [2.05, 4.69) is 30.9 Å². The molecule has 0 aromatic carbocycles. The SMILES string of the molecule is O=C(O)CCc1nc(-c2cccnc2)c(Br)[nH]1. The maximum atomic E-state index is 10.5. The Morgan fingerprint density at radius 3 is 3.00 bits per heavy atom. The van der Waals surface area contributed by atoms with Crippen LogP contribution in [0.2, 0.25) is 0 Å². The summed E-state index contributed by atoms with van der Waals surface area (Å²) in [5.74, 6) is -0.182. The number of aryl methyl sites for hydroxylation is 1. The second kappa shape index (κ2) is 5.09. The Kier molecular flexibility index (Phi) is 3.53. The van der Waals surface area contributed by atoms with Gasteiger partial charge in [0.1, 0.15) is 16.1 Å². The fourth-order valence-electron chi connectivity index (χ4n) is 1.44. The molecule has 2 rings (SSSR count). The Hall–Kier alpha value is -1.69. The summed E-state index contributed by atoms with van der Waals surface area (Å²) in [6.07, 6.45) is 3.85. The Labute approximate surface area is 106 Å².